The third kappa shape index (κ3) is 4.94. The van der Waals surface area contributed by atoms with Gasteiger partial charge in [-0.2, -0.15) is 13.2 Å². The molecule has 4 rings (SSSR count). The Kier molecular flexibility index (Phi) is 5.50. The molecule has 0 bridgehead atoms. The zero-order chi connectivity index (χ0) is 22.0. The van der Waals surface area contributed by atoms with E-state index in [1.165, 1.54) is 12.1 Å². The van der Waals surface area contributed by atoms with Crippen LogP contribution in [0.5, 0.6) is 0 Å². The second-order valence-corrected chi connectivity index (χ2v) is 7.42. The van der Waals surface area contributed by atoms with Crippen molar-refractivity contribution in [1.82, 2.24) is 0 Å². The van der Waals surface area contributed by atoms with Crippen molar-refractivity contribution < 1.29 is 22.8 Å². The predicted molar refractivity (Wildman–Crippen MR) is 113 cm³/mol. The van der Waals surface area contributed by atoms with E-state index in [2.05, 4.69) is 10.6 Å². The van der Waals surface area contributed by atoms with Gasteiger partial charge in [0.15, 0.2) is 0 Å². The largest absolute Gasteiger partial charge is 0.416 e. The smallest absolute Gasteiger partial charge is 0.326 e. The van der Waals surface area contributed by atoms with Crippen molar-refractivity contribution in [3.63, 3.8) is 0 Å². The third-order valence-electron chi connectivity index (χ3n) is 5.05. The van der Waals surface area contributed by atoms with Crippen LogP contribution in [-0.2, 0) is 11.0 Å². The summed E-state index contributed by atoms with van der Waals surface area (Å²) in [6.45, 7) is 0. The molecule has 0 spiro atoms. The fraction of sp³-hybridized carbons (Fsp3) is 0.167. The molecule has 2 N–H and O–H groups in total. The van der Waals surface area contributed by atoms with Gasteiger partial charge in [0.25, 0.3) is 5.91 Å². The number of carbonyl (C=O) groups is 2. The summed E-state index contributed by atoms with van der Waals surface area (Å²) in [6, 6.07) is 18.2. The Hall–Kier alpha value is -3.61. The van der Waals surface area contributed by atoms with Crippen molar-refractivity contribution in [2.75, 3.05) is 10.6 Å². The van der Waals surface area contributed by atoms with Crippen LogP contribution >= 0.6 is 0 Å². The second-order valence-electron chi connectivity index (χ2n) is 7.42. The zero-order valence-corrected chi connectivity index (χ0v) is 16.4. The quantitative estimate of drug-likeness (QED) is 0.530. The van der Waals surface area contributed by atoms with E-state index in [-0.39, 0.29) is 17.7 Å². The number of nitrogens with one attached hydrogen (secondary N) is 2. The van der Waals surface area contributed by atoms with Gasteiger partial charge in [0.1, 0.15) is 0 Å². The molecule has 1 fully saturated rings. The summed E-state index contributed by atoms with van der Waals surface area (Å²) in [6.07, 6.45) is -2.59. The lowest BCUT2D eigenvalue weighted by atomic mass is 9.98. The first-order valence-corrected chi connectivity index (χ1v) is 9.80. The van der Waals surface area contributed by atoms with Crippen molar-refractivity contribution in [3.05, 3.63) is 83.9 Å². The normalized spacial score (nSPS) is 13.5. The topological polar surface area (TPSA) is 58.2 Å². The summed E-state index contributed by atoms with van der Waals surface area (Å²) < 4.78 is 38.5. The minimum absolute atomic E-state index is 0.00209. The fourth-order valence-electron chi connectivity index (χ4n) is 3.20. The van der Waals surface area contributed by atoms with Gasteiger partial charge in [-0.1, -0.05) is 30.3 Å². The average molecular weight is 424 g/mol. The summed E-state index contributed by atoms with van der Waals surface area (Å²) in [5.41, 5.74) is 1.83. The molecule has 1 aliphatic rings. The van der Waals surface area contributed by atoms with E-state index in [9.17, 15) is 22.8 Å². The molecule has 0 saturated heterocycles. The van der Waals surface area contributed by atoms with Crippen LogP contribution in [0.4, 0.5) is 24.5 Å². The molecule has 31 heavy (non-hydrogen) atoms. The number of rotatable bonds is 5. The third-order valence-corrected chi connectivity index (χ3v) is 5.05. The molecule has 0 aromatic heterocycles. The van der Waals surface area contributed by atoms with Crippen LogP contribution in [0, 0.1) is 5.92 Å². The summed E-state index contributed by atoms with van der Waals surface area (Å²) in [4.78, 5) is 24.7. The van der Waals surface area contributed by atoms with Crippen LogP contribution < -0.4 is 10.6 Å². The number of hydrogen-bond donors (Lipinski definition) is 2. The number of amides is 2. The molecule has 158 valence electrons. The molecule has 4 nitrogen and oxygen atoms in total. The molecule has 2 amide bonds. The standard InChI is InChI=1S/C24H19F3N2O2/c25-24(26,27)17-9-7-15(8-10-17)20-3-1-2-4-21(20)23(31)29-19-13-11-18(12-14-19)28-22(30)16-5-6-16/h1-4,7-14,16H,5-6H2,(H,28,30)(H,29,31). The molecule has 0 radical (unpaired) electrons. The molecule has 0 heterocycles. The van der Waals surface area contributed by atoms with Crippen molar-refractivity contribution >= 4 is 23.2 Å². The first kappa shape index (κ1) is 20.7. The van der Waals surface area contributed by atoms with Crippen molar-refractivity contribution in [2.24, 2.45) is 5.92 Å². The predicted octanol–water partition coefficient (Wildman–Crippen LogP) is 5.97. The van der Waals surface area contributed by atoms with Gasteiger partial charge in [-0.3, -0.25) is 9.59 Å². The van der Waals surface area contributed by atoms with Crippen molar-refractivity contribution in [1.29, 1.82) is 0 Å². The van der Waals surface area contributed by atoms with Crippen LogP contribution in [0.3, 0.4) is 0 Å². The van der Waals surface area contributed by atoms with Crippen LogP contribution in [0.15, 0.2) is 72.8 Å². The molecule has 3 aromatic carbocycles. The SMILES string of the molecule is O=C(Nc1ccc(NC(=O)C2CC2)cc1)c1ccccc1-c1ccc(C(F)(F)F)cc1. The van der Waals surface area contributed by atoms with Gasteiger partial charge in [-0.05, 0) is 66.4 Å². The van der Waals surface area contributed by atoms with Gasteiger partial charge in [0, 0.05) is 22.9 Å². The zero-order valence-electron chi connectivity index (χ0n) is 16.4. The van der Waals surface area contributed by atoms with E-state index < -0.39 is 11.7 Å². The maximum atomic E-state index is 12.8. The fourth-order valence-corrected chi connectivity index (χ4v) is 3.20. The Morgan fingerprint density at radius 3 is 1.94 bits per heavy atom. The van der Waals surface area contributed by atoms with Crippen molar-refractivity contribution in [2.45, 2.75) is 19.0 Å². The van der Waals surface area contributed by atoms with E-state index in [4.69, 9.17) is 0 Å². The first-order chi connectivity index (χ1) is 14.8. The summed E-state index contributed by atoms with van der Waals surface area (Å²) in [7, 11) is 0. The number of benzene rings is 3. The highest BCUT2D eigenvalue weighted by Gasteiger charge is 2.30. The Morgan fingerprint density at radius 2 is 1.35 bits per heavy atom. The van der Waals surface area contributed by atoms with Crippen LogP contribution in [0.2, 0.25) is 0 Å². The van der Waals surface area contributed by atoms with Gasteiger partial charge in [-0.15, -0.1) is 0 Å². The van der Waals surface area contributed by atoms with E-state index in [1.54, 1.807) is 48.5 Å². The van der Waals surface area contributed by atoms with Gasteiger partial charge in [0.2, 0.25) is 5.91 Å². The van der Waals surface area contributed by atoms with Gasteiger partial charge >= 0.3 is 6.18 Å². The van der Waals surface area contributed by atoms with Gasteiger partial charge < -0.3 is 10.6 Å². The van der Waals surface area contributed by atoms with E-state index >= 15 is 0 Å². The Morgan fingerprint density at radius 1 is 0.774 bits per heavy atom. The molecule has 0 aliphatic heterocycles. The molecular weight excluding hydrogens is 405 g/mol. The lowest BCUT2D eigenvalue weighted by molar-refractivity contribution is -0.137. The second kappa shape index (κ2) is 8.26. The minimum Gasteiger partial charge on any atom is -0.326 e. The van der Waals surface area contributed by atoms with E-state index in [0.29, 0.717) is 28.1 Å². The summed E-state index contributed by atoms with van der Waals surface area (Å²) >= 11 is 0. The van der Waals surface area contributed by atoms with Gasteiger partial charge in [0.05, 0.1) is 5.56 Å². The molecule has 1 saturated carbocycles. The van der Waals surface area contributed by atoms with Crippen LogP contribution in [0.1, 0.15) is 28.8 Å². The Balaban J connectivity index is 1.50. The maximum Gasteiger partial charge on any atom is 0.416 e. The number of hydrogen-bond acceptors (Lipinski definition) is 2. The van der Waals surface area contributed by atoms with Gasteiger partial charge in [-0.25, -0.2) is 0 Å². The maximum absolute atomic E-state index is 12.8. The molecule has 0 unspecified atom stereocenters. The average Bonchev–Trinajstić information content (AvgIpc) is 3.60. The number of alkyl halides is 3. The molecule has 7 heteroatoms. The Labute approximate surface area is 177 Å². The number of halogens is 3. The summed E-state index contributed by atoms with van der Waals surface area (Å²) in [5.74, 6) is -0.284. The highest BCUT2D eigenvalue weighted by molar-refractivity contribution is 6.08. The Bertz CT molecular complexity index is 1100. The lowest BCUT2D eigenvalue weighted by Gasteiger charge is -2.12. The van der Waals surface area contributed by atoms with E-state index in [0.717, 1.165) is 25.0 Å². The van der Waals surface area contributed by atoms with E-state index in [1.807, 2.05) is 0 Å². The lowest BCUT2D eigenvalue weighted by Crippen LogP contribution is -2.14. The monoisotopic (exact) mass is 424 g/mol. The van der Waals surface area contributed by atoms with Crippen LogP contribution in [0.25, 0.3) is 11.1 Å². The summed E-state index contributed by atoms with van der Waals surface area (Å²) in [5, 5.41) is 5.62. The minimum atomic E-state index is -4.42. The highest BCUT2D eigenvalue weighted by Crippen LogP contribution is 2.32. The number of anilines is 2. The first-order valence-electron chi connectivity index (χ1n) is 9.80. The highest BCUT2D eigenvalue weighted by atomic mass is 19.4. The molecule has 3 aromatic rings. The number of carbonyl (C=O) groups excluding carboxylic acids is 2. The molecule has 0 atom stereocenters. The molecular formula is C24H19F3N2O2. The van der Waals surface area contributed by atoms with Crippen LogP contribution in [-0.4, -0.2) is 11.8 Å². The molecule has 1 aliphatic carbocycles. The van der Waals surface area contributed by atoms with Crippen molar-refractivity contribution in [3.8, 4) is 11.1 Å².